The molecule has 0 radical (unpaired) electrons. The second-order valence-corrected chi connectivity index (χ2v) is 6.19. The van der Waals surface area contributed by atoms with Crippen LogP contribution in [-0.2, 0) is 0 Å². The van der Waals surface area contributed by atoms with Gasteiger partial charge in [0.1, 0.15) is 5.69 Å². The summed E-state index contributed by atoms with van der Waals surface area (Å²) in [5.74, 6) is -0.0714. The number of benzene rings is 1. The number of carbonyl (C=O) groups is 1. The Bertz CT molecular complexity index is 737. The third kappa shape index (κ3) is 3.89. The maximum atomic E-state index is 12.3. The minimum absolute atomic E-state index is 0.0714. The minimum atomic E-state index is -0.0714. The van der Waals surface area contributed by atoms with Crippen molar-refractivity contribution >= 4 is 35.2 Å². The summed E-state index contributed by atoms with van der Waals surface area (Å²) in [6.07, 6.45) is 8.29. The zero-order valence-corrected chi connectivity index (χ0v) is 13.9. The SMILES string of the molecule is O=C(c1cnccn1)N1CCC(=Cc2cc(Cl)ccc2Cl)CC1. The minimum Gasteiger partial charge on any atom is -0.337 e. The zero-order chi connectivity index (χ0) is 16.2. The van der Waals surface area contributed by atoms with Gasteiger partial charge < -0.3 is 4.90 Å². The van der Waals surface area contributed by atoms with Crippen LogP contribution in [0.25, 0.3) is 6.08 Å². The van der Waals surface area contributed by atoms with Gasteiger partial charge in [0.2, 0.25) is 0 Å². The molecule has 1 amide bonds. The smallest absolute Gasteiger partial charge is 0.274 e. The molecule has 0 saturated carbocycles. The fourth-order valence-corrected chi connectivity index (χ4v) is 2.91. The van der Waals surface area contributed by atoms with Crippen molar-refractivity contribution in [2.24, 2.45) is 0 Å². The first-order valence-electron chi connectivity index (χ1n) is 7.33. The lowest BCUT2D eigenvalue weighted by Gasteiger charge is -2.28. The standard InChI is InChI=1S/C17H15Cl2N3O/c18-14-1-2-15(19)13(10-14)9-12-3-7-22(8-4-12)17(23)16-11-20-5-6-21-16/h1-2,5-6,9-11H,3-4,7-8H2. The van der Waals surface area contributed by atoms with Gasteiger partial charge in [0.15, 0.2) is 0 Å². The van der Waals surface area contributed by atoms with Crippen LogP contribution in [0, 0.1) is 0 Å². The summed E-state index contributed by atoms with van der Waals surface area (Å²) < 4.78 is 0. The van der Waals surface area contributed by atoms with Gasteiger partial charge in [-0.2, -0.15) is 0 Å². The Morgan fingerprint density at radius 3 is 2.65 bits per heavy atom. The second-order valence-electron chi connectivity index (χ2n) is 5.35. The van der Waals surface area contributed by atoms with Crippen LogP contribution >= 0.6 is 23.2 Å². The molecule has 118 valence electrons. The third-order valence-corrected chi connectivity index (χ3v) is 4.37. The monoisotopic (exact) mass is 347 g/mol. The molecule has 1 aromatic carbocycles. The summed E-state index contributed by atoms with van der Waals surface area (Å²) >= 11 is 12.2. The van der Waals surface area contributed by atoms with Crippen molar-refractivity contribution in [3.63, 3.8) is 0 Å². The Morgan fingerprint density at radius 2 is 1.96 bits per heavy atom. The van der Waals surface area contributed by atoms with Crippen LogP contribution in [0.5, 0.6) is 0 Å². The number of carbonyl (C=O) groups excluding carboxylic acids is 1. The molecule has 3 rings (SSSR count). The number of nitrogens with zero attached hydrogens (tertiary/aromatic N) is 3. The number of halogens is 2. The number of hydrogen-bond acceptors (Lipinski definition) is 3. The molecule has 2 heterocycles. The van der Waals surface area contributed by atoms with E-state index in [0.29, 0.717) is 28.8 Å². The molecule has 0 spiro atoms. The molecule has 1 aliphatic heterocycles. The molecule has 1 fully saturated rings. The van der Waals surface area contributed by atoms with E-state index in [2.05, 4.69) is 16.0 Å². The fourth-order valence-electron chi connectivity index (χ4n) is 2.56. The van der Waals surface area contributed by atoms with Gasteiger partial charge in [0, 0.05) is 35.5 Å². The van der Waals surface area contributed by atoms with Crippen molar-refractivity contribution in [1.29, 1.82) is 0 Å². The van der Waals surface area contributed by atoms with Crippen molar-refractivity contribution in [1.82, 2.24) is 14.9 Å². The van der Waals surface area contributed by atoms with E-state index in [9.17, 15) is 4.79 Å². The summed E-state index contributed by atoms with van der Waals surface area (Å²) in [6.45, 7) is 1.33. The fraction of sp³-hybridized carbons (Fsp3) is 0.235. The van der Waals surface area contributed by atoms with Crippen LogP contribution < -0.4 is 0 Å². The molecule has 23 heavy (non-hydrogen) atoms. The number of rotatable bonds is 2. The molecular weight excluding hydrogens is 333 g/mol. The lowest BCUT2D eigenvalue weighted by molar-refractivity contribution is 0.0737. The highest BCUT2D eigenvalue weighted by Crippen LogP contribution is 2.26. The molecule has 6 heteroatoms. The molecule has 1 saturated heterocycles. The average molecular weight is 348 g/mol. The van der Waals surface area contributed by atoms with Crippen molar-refractivity contribution in [2.45, 2.75) is 12.8 Å². The highest BCUT2D eigenvalue weighted by atomic mass is 35.5. The lowest BCUT2D eigenvalue weighted by atomic mass is 10.0. The Kier molecular flexibility index (Phi) is 4.94. The topological polar surface area (TPSA) is 46.1 Å². The van der Waals surface area contributed by atoms with Gasteiger partial charge >= 0.3 is 0 Å². The molecule has 2 aromatic rings. The summed E-state index contributed by atoms with van der Waals surface area (Å²) in [5, 5.41) is 1.34. The third-order valence-electron chi connectivity index (χ3n) is 3.79. The van der Waals surface area contributed by atoms with Gasteiger partial charge in [0.05, 0.1) is 6.20 Å². The van der Waals surface area contributed by atoms with E-state index >= 15 is 0 Å². The molecule has 0 aliphatic carbocycles. The predicted octanol–water partition coefficient (Wildman–Crippen LogP) is 4.10. The predicted molar refractivity (Wildman–Crippen MR) is 91.6 cm³/mol. The number of hydrogen-bond donors (Lipinski definition) is 0. The van der Waals surface area contributed by atoms with Crippen molar-refractivity contribution in [3.05, 3.63) is 63.7 Å². The van der Waals surface area contributed by atoms with Crippen LogP contribution in [0.1, 0.15) is 28.9 Å². The van der Waals surface area contributed by atoms with Gasteiger partial charge in [-0.15, -0.1) is 0 Å². The largest absolute Gasteiger partial charge is 0.337 e. The van der Waals surface area contributed by atoms with Gasteiger partial charge in [-0.3, -0.25) is 9.78 Å². The Hall–Kier alpha value is -1.91. The van der Waals surface area contributed by atoms with Gasteiger partial charge in [-0.1, -0.05) is 34.9 Å². The van der Waals surface area contributed by atoms with Gasteiger partial charge in [-0.05, 0) is 36.6 Å². The number of amides is 1. The van der Waals surface area contributed by atoms with Crippen LogP contribution in [0.2, 0.25) is 10.0 Å². The first kappa shape index (κ1) is 16.0. The van der Waals surface area contributed by atoms with E-state index in [1.807, 2.05) is 6.07 Å². The molecule has 0 bridgehead atoms. The molecule has 1 aromatic heterocycles. The van der Waals surface area contributed by atoms with Crippen LogP contribution in [0.3, 0.4) is 0 Å². The van der Waals surface area contributed by atoms with E-state index in [4.69, 9.17) is 23.2 Å². The number of piperidine rings is 1. The molecule has 0 atom stereocenters. The normalized spacial score (nSPS) is 14.7. The highest BCUT2D eigenvalue weighted by molar-refractivity contribution is 6.34. The Morgan fingerprint density at radius 1 is 1.17 bits per heavy atom. The Labute approximate surface area is 144 Å². The van der Waals surface area contributed by atoms with E-state index in [-0.39, 0.29) is 5.91 Å². The van der Waals surface area contributed by atoms with Crippen molar-refractivity contribution in [3.8, 4) is 0 Å². The van der Waals surface area contributed by atoms with Gasteiger partial charge in [0.25, 0.3) is 5.91 Å². The van der Waals surface area contributed by atoms with E-state index in [0.717, 1.165) is 18.4 Å². The second kappa shape index (κ2) is 7.11. The highest BCUT2D eigenvalue weighted by Gasteiger charge is 2.21. The molecule has 0 N–H and O–H groups in total. The average Bonchev–Trinajstić information content (AvgIpc) is 2.59. The zero-order valence-electron chi connectivity index (χ0n) is 12.4. The maximum absolute atomic E-state index is 12.3. The Balaban J connectivity index is 1.68. The van der Waals surface area contributed by atoms with Crippen molar-refractivity contribution in [2.75, 3.05) is 13.1 Å². The quantitative estimate of drug-likeness (QED) is 0.821. The van der Waals surface area contributed by atoms with Gasteiger partial charge in [-0.25, -0.2) is 4.98 Å². The molecular formula is C17H15Cl2N3O. The number of likely N-dealkylation sites (tertiary alicyclic amines) is 1. The van der Waals surface area contributed by atoms with Crippen LogP contribution in [0.15, 0.2) is 42.4 Å². The molecule has 0 unspecified atom stereocenters. The first-order chi connectivity index (χ1) is 11.1. The molecule has 1 aliphatic rings. The van der Waals surface area contributed by atoms with Crippen LogP contribution in [-0.4, -0.2) is 33.9 Å². The lowest BCUT2D eigenvalue weighted by Crippen LogP contribution is -2.36. The van der Waals surface area contributed by atoms with E-state index in [1.165, 1.54) is 18.0 Å². The first-order valence-corrected chi connectivity index (χ1v) is 8.09. The summed E-state index contributed by atoms with van der Waals surface area (Å²) in [7, 11) is 0. The summed E-state index contributed by atoms with van der Waals surface area (Å²) in [6, 6.07) is 5.42. The number of aromatic nitrogens is 2. The maximum Gasteiger partial charge on any atom is 0.274 e. The summed E-state index contributed by atoms with van der Waals surface area (Å²) in [5.41, 5.74) is 2.57. The van der Waals surface area contributed by atoms with Crippen molar-refractivity contribution < 1.29 is 4.79 Å². The van der Waals surface area contributed by atoms with E-state index in [1.54, 1.807) is 23.2 Å². The van der Waals surface area contributed by atoms with E-state index < -0.39 is 0 Å². The molecule has 4 nitrogen and oxygen atoms in total. The van der Waals surface area contributed by atoms with Crippen LogP contribution in [0.4, 0.5) is 0 Å². The summed E-state index contributed by atoms with van der Waals surface area (Å²) in [4.78, 5) is 22.1.